The molecule has 0 radical (unpaired) electrons. The standard InChI is InChI=1S/C16H14O/c17-13-16(15-9-5-2-6-10-15)12-11-14-7-3-1-4-8-14/h1-10,12-13H,11H2. The molecule has 0 bridgehead atoms. The highest BCUT2D eigenvalue weighted by atomic mass is 16.1. The van der Waals surface area contributed by atoms with Gasteiger partial charge in [0.2, 0.25) is 0 Å². The molecule has 0 heterocycles. The van der Waals surface area contributed by atoms with Crippen molar-refractivity contribution in [2.75, 3.05) is 0 Å². The number of aldehydes is 1. The Hall–Kier alpha value is -2.15. The molecule has 0 aromatic heterocycles. The molecule has 17 heavy (non-hydrogen) atoms. The van der Waals surface area contributed by atoms with Crippen LogP contribution in [-0.4, -0.2) is 6.29 Å². The van der Waals surface area contributed by atoms with Crippen molar-refractivity contribution in [1.82, 2.24) is 0 Å². The van der Waals surface area contributed by atoms with E-state index in [2.05, 4.69) is 12.1 Å². The van der Waals surface area contributed by atoms with Gasteiger partial charge in [-0.3, -0.25) is 4.79 Å². The van der Waals surface area contributed by atoms with Crippen molar-refractivity contribution in [3.63, 3.8) is 0 Å². The van der Waals surface area contributed by atoms with Crippen molar-refractivity contribution in [3.8, 4) is 0 Å². The molecule has 2 aromatic rings. The molecule has 0 aliphatic rings. The number of rotatable bonds is 4. The smallest absolute Gasteiger partial charge is 0.150 e. The summed E-state index contributed by atoms with van der Waals surface area (Å²) >= 11 is 0. The Labute approximate surface area is 101 Å². The van der Waals surface area contributed by atoms with E-state index in [1.165, 1.54) is 5.56 Å². The zero-order chi connectivity index (χ0) is 11.9. The molecular formula is C16H14O. The Balaban J connectivity index is 2.17. The maximum Gasteiger partial charge on any atom is 0.150 e. The van der Waals surface area contributed by atoms with Crippen LogP contribution in [0.1, 0.15) is 11.1 Å². The minimum absolute atomic E-state index is 0.745. The molecule has 2 aromatic carbocycles. The first-order valence-electron chi connectivity index (χ1n) is 5.65. The lowest BCUT2D eigenvalue weighted by Crippen LogP contribution is -1.87. The molecule has 2 rings (SSSR count). The summed E-state index contributed by atoms with van der Waals surface area (Å²) in [5, 5.41) is 0. The van der Waals surface area contributed by atoms with Gasteiger partial charge in [0.15, 0.2) is 0 Å². The average Bonchev–Trinajstić information content (AvgIpc) is 2.42. The molecule has 1 nitrogen and oxygen atoms in total. The largest absolute Gasteiger partial charge is 0.298 e. The fourth-order valence-corrected chi connectivity index (χ4v) is 1.71. The van der Waals surface area contributed by atoms with E-state index < -0.39 is 0 Å². The number of benzene rings is 2. The summed E-state index contributed by atoms with van der Waals surface area (Å²) in [4.78, 5) is 11.1. The Bertz CT molecular complexity index is 498. The summed E-state index contributed by atoms with van der Waals surface area (Å²) in [6, 6.07) is 19.8. The zero-order valence-electron chi connectivity index (χ0n) is 9.54. The highest BCUT2D eigenvalue weighted by Gasteiger charge is 1.98. The van der Waals surface area contributed by atoms with Crippen molar-refractivity contribution in [1.29, 1.82) is 0 Å². The predicted octanol–water partition coefficient (Wildman–Crippen LogP) is 3.51. The van der Waals surface area contributed by atoms with Gasteiger partial charge in [-0.05, 0) is 17.5 Å². The van der Waals surface area contributed by atoms with Crippen LogP contribution in [0.2, 0.25) is 0 Å². The second-order valence-electron chi connectivity index (χ2n) is 3.83. The second kappa shape index (κ2) is 5.80. The van der Waals surface area contributed by atoms with Gasteiger partial charge in [-0.25, -0.2) is 0 Å². The van der Waals surface area contributed by atoms with Gasteiger partial charge >= 0.3 is 0 Å². The number of hydrogen-bond acceptors (Lipinski definition) is 1. The highest BCUT2D eigenvalue weighted by molar-refractivity contribution is 6.06. The van der Waals surface area contributed by atoms with E-state index in [9.17, 15) is 4.79 Å². The van der Waals surface area contributed by atoms with Crippen LogP contribution in [0.5, 0.6) is 0 Å². The Morgan fingerprint density at radius 2 is 1.47 bits per heavy atom. The van der Waals surface area contributed by atoms with Crippen molar-refractivity contribution >= 4 is 11.9 Å². The van der Waals surface area contributed by atoms with Crippen LogP contribution in [0.25, 0.3) is 5.57 Å². The van der Waals surface area contributed by atoms with Gasteiger partial charge in [0, 0.05) is 5.57 Å². The van der Waals surface area contributed by atoms with E-state index in [-0.39, 0.29) is 0 Å². The lowest BCUT2D eigenvalue weighted by atomic mass is 10.0. The van der Waals surface area contributed by atoms with Crippen LogP contribution < -0.4 is 0 Å². The number of allylic oxidation sites excluding steroid dienone is 2. The van der Waals surface area contributed by atoms with Crippen LogP contribution in [0.3, 0.4) is 0 Å². The molecule has 0 atom stereocenters. The fraction of sp³-hybridized carbons (Fsp3) is 0.0625. The fourth-order valence-electron chi connectivity index (χ4n) is 1.71. The van der Waals surface area contributed by atoms with Crippen molar-refractivity contribution in [2.45, 2.75) is 6.42 Å². The molecule has 1 heteroatoms. The summed E-state index contributed by atoms with van der Waals surface area (Å²) in [6.07, 6.45) is 3.67. The van der Waals surface area contributed by atoms with Gasteiger partial charge < -0.3 is 0 Å². The molecule has 0 aliphatic carbocycles. The predicted molar refractivity (Wildman–Crippen MR) is 70.6 cm³/mol. The highest BCUT2D eigenvalue weighted by Crippen LogP contribution is 2.13. The molecule has 0 unspecified atom stereocenters. The number of hydrogen-bond donors (Lipinski definition) is 0. The molecule has 0 spiro atoms. The van der Waals surface area contributed by atoms with Crippen LogP contribution >= 0.6 is 0 Å². The van der Waals surface area contributed by atoms with E-state index in [1.54, 1.807) is 0 Å². The average molecular weight is 222 g/mol. The third-order valence-corrected chi connectivity index (χ3v) is 2.63. The molecule has 84 valence electrons. The Morgan fingerprint density at radius 3 is 2.06 bits per heavy atom. The summed E-state index contributed by atoms with van der Waals surface area (Å²) in [5.41, 5.74) is 2.93. The lowest BCUT2D eigenvalue weighted by molar-refractivity contribution is -0.103. The monoisotopic (exact) mass is 222 g/mol. The summed E-state index contributed by atoms with van der Waals surface area (Å²) in [6.45, 7) is 0. The SMILES string of the molecule is O=CC(=CCc1ccccc1)c1ccccc1. The Morgan fingerprint density at radius 1 is 0.882 bits per heavy atom. The van der Waals surface area contributed by atoms with E-state index in [1.807, 2.05) is 54.6 Å². The number of carbonyl (C=O) groups is 1. The van der Waals surface area contributed by atoms with Gasteiger partial charge in [0.25, 0.3) is 0 Å². The Kier molecular flexibility index (Phi) is 3.87. The quantitative estimate of drug-likeness (QED) is 0.571. The van der Waals surface area contributed by atoms with E-state index >= 15 is 0 Å². The van der Waals surface area contributed by atoms with Crippen LogP contribution in [0.4, 0.5) is 0 Å². The molecule has 0 amide bonds. The van der Waals surface area contributed by atoms with E-state index in [4.69, 9.17) is 0 Å². The summed E-state index contributed by atoms with van der Waals surface area (Å²) < 4.78 is 0. The molecule has 0 aliphatic heterocycles. The van der Waals surface area contributed by atoms with Gasteiger partial charge in [-0.15, -0.1) is 0 Å². The summed E-state index contributed by atoms with van der Waals surface area (Å²) in [7, 11) is 0. The third kappa shape index (κ3) is 3.15. The molecule has 0 N–H and O–H groups in total. The maximum atomic E-state index is 11.1. The first-order chi connectivity index (χ1) is 8.40. The lowest BCUT2D eigenvalue weighted by Gasteiger charge is -2.00. The van der Waals surface area contributed by atoms with Gasteiger partial charge in [0.1, 0.15) is 6.29 Å². The van der Waals surface area contributed by atoms with E-state index in [0.29, 0.717) is 0 Å². The normalized spacial score (nSPS) is 11.2. The van der Waals surface area contributed by atoms with Crippen LogP contribution in [-0.2, 0) is 11.2 Å². The minimum atomic E-state index is 0.745. The number of carbonyl (C=O) groups excluding carboxylic acids is 1. The van der Waals surface area contributed by atoms with Crippen LogP contribution in [0, 0.1) is 0 Å². The zero-order valence-corrected chi connectivity index (χ0v) is 9.54. The van der Waals surface area contributed by atoms with Gasteiger partial charge in [-0.1, -0.05) is 66.7 Å². The van der Waals surface area contributed by atoms with Crippen molar-refractivity contribution in [2.24, 2.45) is 0 Å². The van der Waals surface area contributed by atoms with E-state index in [0.717, 1.165) is 23.8 Å². The van der Waals surface area contributed by atoms with Gasteiger partial charge in [-0.2, -0.15) is 0 Å². The van der Waals surface area contributed by atoms with Crippen LogP contribution in [0.15, 0.2) is 66.7 Å². The molecule has 0 saturated heterocycles. The van der Waals surface area contributed by atoms with Gasteiger partial charge in [0.05, 0.1) is 0 Å². The van der Waals surface area contributed by atoms with Crippen molar-refractivity contribution < 1.29 is 4.79 Å². The topological polar surface area (TPSA) is 17.1 Å². The first kappa shape index (κ1) is 11.3. The minimum Gasteiger partial charge on any atom is -0.298 e. The third-order valence-electron chi connectivity index (χ3n) is 2.63. The second-order valence-corrected chi connectivity index (χ2v) is 3.83. The van der Waals surface area contributed by atoms with Crippen molar-refractivity contribution in [3.05, 3.63) is 77.9 Å². The molecule has 0 fully saturated rings. The summed E-state index contributed by atoms with van der Waals surface area (Å²) in [5.74, 6) is 0. The first-order valence-corrected chi connectivity index (χ1v) is 5.65. The maximum absolute atomic E-state index is 11.1. The molecule has 0 saturated carbocycles. The molecular weight excluding hydrogens is 208 g/mol.